The highest BCUT2D eigenvalue weighted by molar-refractivity contribution is 5.63. The Bertz CT molecular complexity index is 705. The van der Waals surface area contributed by atoms with E-state index in [2.05, 4.69) is 19.2 Å². The fourth-order valence-electron chi connectivity index (χ4n) is 3.57. The molecule has 1 unspecified atom stereocenters. The molecule has 1 aliphatic heterocycles. The average molecular weight is 333 g/mol. The molecule has 4 heteroatoms. The van der Waals surface area contributed by atoms with Crippen molar-refractivity contribution in [3.63, 3.8) is 0 Å². The van der Waals surface area contributed by atoms with E-state index in [1.165, 1.54) is 6.07 Å². The zero-order valence-corrected chi connectivity index (χ0v) is 14.0. The summed E-state index contributed by atoms with van der Waals surface area (Å²) in [7, 11) is 0. The summed E-state index contributed by atoms with van der Waals surface area (Å²) in [6, 6.07) is 12.9. The summed E-state index contributed by atoms with van der Waals surface area (Å²) in [5.74, 6) is 0.483. The maximum atomic E-state index is 13.6. The molecule has 1 aliphatic rings. The lowest BCUT2D eigenvalue weighted by Gasteiger charge is -2.32. The summed E-state index contributed by atoms with van der Waals surface area (Å²) in [6.45, 7) is 4.75. The highest BCUT2D eigenvalue weighted by atomic mass is 19.4. The molecule has 128 valence electrons. The lowest BCUT2D eigenvalue weighted by molar-refractivity contribution is -0.137. The van der Waals surface area contributed by atoms with E-state index in [0.29, 0.717) is 18.9 Å². The number of anilines is 1. The van der Waals surface area contributed by atoms with Crippen LogP contribution >= 0.6 is 0 Å². The lowest BCUT2D eigenvalue weighted by Crippen LogP contribution is -2.24. The molecule has 1 atom stereocenters. The van der Waals surface area contributed by atoms with Crippen LogP contribution in [0.4, 0.5) is 18.9 Å². The van der Waals surface area contributed by atoms with Gasteiger partial charge < -0.3 is 5.32 Å². The Morgan fingerprint density at radius 2 is 1.79 bits per heavy atom. The first-order valence-electron chi connectivity index (χ1n) is 8.38. The van der Waals surface area contributed by atoms with Crippen LogP contribution in [-0.2, 0) is 12.6 Å². The van der Waals surface area contributed by atoms with E-state index >= 15 is 0 Å². The van der Waals surface area contributed by atoms with Crippen LogP contribution in [0.1, 0.15) is 48.4 Å². The minimum absolute atomic E-state index is 0.165. The largest absolute Gasteiger partial charge is 0.418 e. The van der Waals surface area contributed by atoms with Gasteiger partial charge in [-0.1, -0.05) is 50.2 Å². The van der Waals surface area contributed by atoms with Gasteiger partial charge in [-0.25, -0.2) is 0 Å². The van der Waals surface area contributed by atoms with Crippen molar-refractivity contribution < 1.29 is 13.2 Å². The summed E-state index contributed by atoms with van der Waals surface area (Å²) in [6.07, 6.45) is -2.96. The normalized spacial score (nSPS) is 17.5. The van der Waals surface area contributed by atoms with Gasteiger partial charge in [0.25, 0.3) is 0 Å². The fourth-order valence-corrected chi connectivity index (χ4v) is 3.57. The first-order chi connectivity index (χ1) is 11.4. The van der Waals surface area contributed by atoms with Gasteiger partial charge in [0, 0.05) is 12.2 Å². The molecule has 0 bridgehead atoms. The second kappa shape index (κ2) is 6.50. The van der Waals surface area contributed by atoms with Gasteiger partial charge in [-0.15, -0.1) is 0 Å². The maximum Gasteiger partial charge on any atom is 0.418 e. The number of fused-ring (bicyclic) bond motifs is 1. The van der Waals surface area contributed by atoms with E-state index in [1.54, 1.807) is 0 Å². The van der Waals surface area contributed by atoms with Crippen LogP contribution in [0.3, 0.4) is 0 Å². The minimum Gasteiger partial charge on any atom is -0.384 e. The monoisotopic (exact) mass is 333 g/mol. The van der Waals surface area contributed by atoms with E-state index in [-0.39, 0.29) is 11.6 Å². The Morgan fingerprint density at radius 1 is 1.08 bits per heavy atom. The van der Waals surface area contributed by atoms with Gasteiger partial charge in [0.15, 0.2) is 0 Å². The second-order valence-corrected chi connectivity index (χ2v) is 6.83. The first-order valence-corrected chi connectivity index (χ1v) is 8.38. The number of hydrogen-bond donors (Lipinski definition) is 1. The van der Waals surface area contributed by atoms with Crippen LogP contribution in [-0.4, -0.2) is 6.54 Å². The summed E-state index contributed by atoms with van der Waals surface area (Å²) in [5, 5.41) is 2.99. The standard InChI is InChI=1S/C20H22F3N/c1-13(2)16-8-9-24-19-17(16)11-15(12-18(19)20(21,22)23)10-14-6-4-3-5-7-14/h3-7,11-13,16,24H,8-10H2,1-2H3. The molecule has 2 aromatic carbocycles. The van der Waals surface area contributed by atoms with Crippen molar-refractivity contribution in [2.75, 3.05) is 11.9 Å². The summed E-state index contributed by atoms with van der Waals surface area (Å²) in [4.78, 5) is 0. The number of alkyl halides is 3. The molecule has 1 N–H and O–H groups in total. The molecule has 1 heterocycles. The maximum absolute atomic E-state index is 13.6. The molecule has 0 fully saturated rings. The van der Waals surface area contributed by atoms with Crippen molar-refractivity contribution in [1.82, 2.24) is 0 Å². The predicted octanol–water partition coefficient (Wildman–Crippen LogP) is 5.85. The molecule has 24 heavy (non-hydrogen) atoms. The van der Waals surface area contributed by atoms with Gasteiger partial charge in [-0.3, -0.25) is 0 Å². The van der Waals surface area contributed by atoms with Crippen LogP contribution < -0.4 is 5.32 Å². The minimum atomic E-state index is -4.34. The van der Waals surface area contributed by atoms with Gasteiger partial charge >= 0.3 is 6.18 Å². The van der Waals surface area contributed by atoms with Gasteiger partial charge in [-0.2, -0.15) is 13.2 Å². The van der Waals surface area contributed by atoms with Crippen LogP contribution in [0.2, 0.25) is 0 Å². The molecular weight excluding hydrogens is 311 g/mol. The van der Waals surface area contributed by atoms with E-state index in [9.17, 15) is 13.2 Å². The fraction of sp³-hybridized carbons (Fsp3) is 0.400. The van der Waals surface area contributed by atoms with E-state index in [1.807, 2.05) is 36.4 Å². The number of rotatable bonds is 3. The van der Waals surface area contributed by atoms with Crippen LogP contribution in [0, 0.1) is 5.92 Å². The van der Waals surface area contributed by atoms with Crippen molar-refractivity contribution in [2.45, 2.75) is 38.8 Å². The van der Waals surface area contributed by atoms with E-state index < -0.39 is 11.7 Å². The Balaban J connectivity index is 2.09. The molecule has 0 radical (unpaired) electrons. The predicted molar refractivity (Wildman–Crippen MR) is 91.4 cm³/mol. The molecule has 0 amide bonds. The molecule has 2 aromatic rings. The van der Waals surface area contributed by atoms with Crippen LogP contribution in [0.5, 0.6) is 0 Å². The van der Waals surface area contributed by atoms with E-state index in [0.717, 1.165) is 23.1 Å². The van der Waals surface area contributed by atoms with Crippen molar-refractivity contribution in [3.05, 3.63) is 64.7 Å². The molecule has 0 spiro atoms. The molecule has 1 nitrogen and oxygen atoms in total. The molecular formula is C20H22F3N. The average Bonchev–Trinajstić information content (AvgIpc) is 2.53. The first kappa shape index (κ1) is 16.9. The molecule has 3 rings (SSSR count). The third-order valence-electron chi connectivity index (χ3n) is 4.75. The van der Waals surface area contributed by atoms with Crippen molar-refractivity contribution >= 4 is 5.69 Å². The van der Waals surface area contributed by atoms with Crippen molar-refractivity contribution in [2.24, 2.45) is 5.92 Å². The van der Waals surface area contributed by atoms with Gasteiger partial charge in [-0.05, 0) is 47.4 Å². The van der Waals surface area contributed by atoms with Crippen LogP contribution in [0.15, 0.2) is 42.5 Å². The molecule has 0 aromatic heterocycles. The van der Waals surface area contributed by atoms with Gasteiger partial charge in [0.1, 0.15) is 0 Å². The number of nitrogens with one attached hydrogen (secondary N) is 1. The zero-order valence-electron chi connectivity index (χ0n) is 14.0. The molecule has 0 saturated heterocycles. The molecule has 0 aliphatic carbocycles. The SMILES string of the molecule is CC(C)C1CCNc2c1cc(Cc1ccccc1)cc2C(F)(F)F. The van der Waals surface area contributed by atoms with Gasteiger partial charge in [0.2, 0.25) is 0 Å². The smallest absolute Gasteiger partial charge is 0.384 e. The Morgan fingerprint density at radius 3 is 2.42 bits per heavy atom. The topological polar surface area (TPSA) is 12.0 Å². The Kier molecular flexibility index (Phi) is 4.57. The highest BCUT2D eigenvalue weighted by Crippen LogP contribution is 2.44. The third-order valence-corrected chi connectivity index (χ3v) is 4.75. The summed E-state index contributed by atoms with van der Waals surface area (Å²) >= 11 is 0. The second-order valence-electron chi connectivity index (χ2n) is 6.83. The Hall–Kier alpha value is -1.97. The zero-order chi connectivity index (χ0) is 17.3. The Labute approximate surface area is 140 Å². The van der Waals surface area contributed by atoms with Crippen LogP contribution in [0.25, 0.3) is 0 Å². The van der Waals surface area contributed by atoms with E-state index in [4.69, 9.17) is 0 Å². The number of hydrogen-bond acceptors (Lipinski definition) is 1. The summed E-state index contributed by atoms with van der Waals surface area (Å²) < 4.78 is 40.7. The highest BCUT2D eigenvalue weighted by Gasteiger charge is 2.37. The number of benzene rings is 2. The van der Waals surface area contributed by atoms with Crippen molar-refractivity contribution in [1.29, 1.82) is 0 Å². The third kappa shape index (κ3) is 3.42. The summed E-state index contributed by atoms with van der Waals surface area (Å²) in [5.41, 5.74) is 2.31. The number of halogens is 3. The molecule has 0 saturated carbocycles. The lowest BCUT2D eigenvalue weighted by atomic mass is 9.80. The van der Waals surface area contributed by atoms with Gasteiger partial charge in [0.05, 0.1) is 5.56 Å². The van der Waals surface area contributed by atoms with Crippen molar-refractivity contribution in [3.8, 4) is 0 Å². The quantitative estimate of drug-likeness (QED) is 0.743.